The summed E-state index contributed by atoms with van der Waals surface area (Å²) in [5.74, 6) is 0. The predicted molar refractivity (Wildman–Crippen MR) is 63.7 cm³/mol. The Hall–Kier alpha value is -1.06. The van der Waals surface area contributed by atoms with E-state index in [1.54, 1.807) is 6.21 Å². The Labute approximate surface area is 100.0 Å². The van der Waals surface area contributed by atoms with Gasteiger partial charge in [0.25, 0.3) is 0 Å². The zero-order chi connectivity index (χ0) is 11.2. The summed E-state index contributed by atoms with van der Waals surface area (Å²) < 4.78 is 5.38. The van der Waals surface area contributed by atoms with Crippen LogP contribution in [-0.4, -0.2) is 19.1 Å². The lowest BCUT2D eigenvalue weighted by atomic mass is 10.2. The smallest absolute Gasteiger partial charge is 0.226 e. The van der Waals surface area contributed by atoms with Gasteiger partial charge in [-0.15, -0.1) is 0 Å². The Morgan fingerprint density at radius 3 is 3.00 bits per heavy atom. The molecule has 1 heterocycles. The van der Waals surface area contributed by atoms with E-state index in [9.17, 15) is 0 Å². The minimum absolute atomic E-state index is 0.201. The fourth-order valence-electron chi connectivity index (χ4n) is 1.53. The van der Waals surface area contributed by atoms with Crippen LogP contribution in [0, 0.1) is 0 Å². The molecule has 1 atom stereocenters. The molecule has 3 nitrogen and oxygen atoms in total. The molecule has 4 heteroatoms. The van der Waals surface area contributed by atoms with Gasteiger partial charge in [0.1, 0.15) is 0 Å². The van der Waals surface area contributed by atoms with Crippen molar-refractivity contribution in [2.24, 2.45) is 5.16 Å². The lowest BCUT2D eigenvalue weighted by molar-refractivity contribution is -0.161. The summed E-state index contributed by atoms with van der Waals surface area (Å²) in [5.41, 5.74) is 0.847. The van der Waals surface area contributed by atoms with E-state index >= 15 is 0 Å². The van der Waals surface area contributed by atoms with Gasteiger partial charge in [0.15, 0.2) is 0 Å². The molecule has 1 fully saturated rings. The number of oxime groups is 1. The quantitative estimate of drug-likeness (QED) is 0.599. The van der Waals surface area contributed by atoms with Crippen LogP contribution in [-0.2, 0) is 9.57 Å². The summed E-state index contributed by atoms with van der Waals surface area (Å²) in [7, 11) is 0. The highest BCUT2D eigenvalue weighted by Gasteiger charge is 2.13. The zero-order valence-electron chi connectivity index (χ0n) is 8.93. The fourth-order valence-corrected chi connectivity index (χ4v) is 1.71. The molecule has 16 heavy (non-hydrogen) atoms. The summed E-state index contributed by atoms with van der Waals surface area (Å²) in [6, 6.07) is 7.49. The number of rotatable bonds is 3. The third-order valence-electron chi connectivity index (χ3n) is 2.41. The molecule has 1 aliphatic rings. The summed E-state index contributed by atoms with van der Waals surface area (Å²) in [6.07, 6.45) is 4.55. The van der Waals surface area contributed by atoms with Crippen LogP contribution >= 0.6 is 11.6 Å². The third kappa shape index (κ3) is 3.22. The molecule has 2 rings (SSSR count). The van der Waals surface area contributed by atoms with E-state index in [1.165, 1.54) is 0 Å². The van der Waals surface area contributed by atoms with E-state index in [-0.39, 0.29) is 6.29 Å². The van der Waals surface area contributed by atoms with Crippen molar-refractivity contribution in [3.8, 4) is 0 Å². The highest BCUT2D eigenvalue weighted by molar-refractivity contribution is 6.33. The average Bonchev–Trinajstić information content (AvgIpc) is 2.33. The third-order valence-corrected chi connectivity index (χ3v) is 2.76. The Morgan fingerprint density at radius 2 is 2.25 bits per heavy atom. The van der Waals surface area contributed by atoms with Crippen molar-refractivity contribution in [2.45, 2.75) is 25.6 Å². The minimum Gasteiger partial charge on any atom is -0.364 e. The molecular weight excluding hydrogens is 226 g/mol. The predicted octanol–water partition coefficient (Wildman–Crippen LogP) is 3.22. The standard InChI is InChI=1S/C12H14ClNO2/c13-11-6-2-1-5-10(11)9-14-16-12-7-3-4-8-15-12/h1-2,5-6,9,12H,3-4,7-8H2/b14-9+. The van der Waals surface area contributed by atoms with Gasteiger partial charge < -0.3 is 9.57 Å². The van der Waals surface area contributed by atoms with Gasteiger partial charge in [-0.3, -0.25) is 0 Å². The van der Waals surface area contributed by atoms with Crippen LogP contribution in [0.4, 0.5) is 0 Å². The first kappa shape index (κ1) is 11.4. The van der Waals surface area contributed by atoms with Crippen LogP contribution in [0.15, 0.2) is 29.4 Å². The molecule has 1 aromatic rings. The van der Waals surface area contributed by atoms with Gasteiger partial charge in [-0.05, 0) is 18.9 Å². The molecule has 1 unspecified atom stereocenters. The van der Waals surface area contributed by atoms with Crippen molar-refractivity contribution in [1.29, 1.82) is 0 Å². The summed E-state index contributed by atoms with van der Waals surface area (Å²) in [4.78, 5) is 5.23. The van der Waals surface area contributed by atoms with Gasteiger partial charge in [0.05, 0.1) is 12.8 Å². The molecule has 0 saturated carbocycles. The normalized spacial score (nSPS) is 21.2. The first-order chi connectivity index (χ1) is 7.86. The molecule has 0 spiro atoms. The van der Waals surface area contributed by atoms with E-state index in [1.807, 2.05) is 24.3 Å². The highest BCUT2D eigenvalue weighted by Crippen LogP contribution is 2.15. The Balaban J connectivity index is 1.87. The van der Waals surface area contributed by atoms with E-state index in [0.29, 0.717) is 5.02 Å². The van der Waals surface area contributed by atoms with Gasteiger partial charge in [-0.25, -0.2) is 0 Å². The van der Waals surface area contributed by atoms with Gasteiger partial charge in [0, 0.05) is 17.0 Å². The second-order valence-electron chi connectivity index (χ2n) is 3.66. The van der Waals surface area contributed by atoms with E-state index in [0.717, 1.165) is 31.4 Å². The van der Waals surface area contributed by atoms with Crippen molar-refractivity contribution >= 4 is 17.8 Å². The van der Waals surface area contributed by atoms with Crippen molar-refractivity contribution in [3.05, 3.63) is 34.9 Å². The molecule has 0 N–H and O–H groups in total. The number of hydrogen-bond donors (Lipinski definition) is 0. The lowest BCUT2D eigenvalue weighted by Crippen LogP contribution is -2.20. The second kappa shape index (κ2) is 5.87. The van der Waals surface area contributed by atoms with Crippen molar-refractivity contribution in [1.82, 2.24) is 0 Å². The van der Waals surface area contributed by atoms with E-state index in [2.05, 4.69) is 5.16 Å². The first-order valence-corrected chi connectivity index (χ1v) is 5.79. The molecule has 0 aromatic heterocycles. The van der Waals surface area contributed by atoms with E-state index < -0.39 is 0 Å². The molecule has 86 valence electrons. The second-order valence-corrected chi connectivity index (χ2v) is 4.06. The first-order valence-electron chi connectivity index (χ1n) is 5.41. The maximum absolute atomic E-state index is 5.97. The minimum atomic E-state index is -0.201. The van der Waals surface area contributed by atoms with Gasteiger partial charge in [-0.1, -0.05) is 35.0 Å². The molecule has 1 aromatic carbocycles. The number of ether oxygens (including phenoxy) is 1. The van der Waals surface area contributed by atoms with Crippen LogP contribution in [0.2, 0.25) is 5.02 Å². The maximum atomic E-state index is 5.97. The molecule has 0 amide bonds. The van der Waals surface area contributed by atoms with Crippen LogP contribution in [0.1, 0.15) is 24.8 Å². The number of halogens is 1. The lowest BCUT2D eigenvalue weighted by Gasteiger charge is -2.19. The van der Waals surface area contributed by atoms with Crippen LogP contribution in [0.25, 0.3) is 0 Å². The number of nitrogens with zero attached hydrogens (tertiary/aromatic N) is 1. The van der Waals surface area contributed by atoms with Crippen LogP contribution in [0.5, 0.6) is 0 Å². The summed E-state index contributed by atoms with van der Waals surface area (Å²) in [5, 5.41) is 4.56. The molecule has 1 aliphatic heterocycles. The molecule has 1 saturated heterocycles. The molecule has 0 aliphatic carbocycles. The molecule has 0 radical (unpaired) electrons. The Morgan fingerprint density at radius 1 is 1.38 bits per heavy atom. The zero-order valence-corrected chi connectivity index (χ0v) is 9.69. The van der Waals surface area contributed by atoms with Crippen LogP contribution in [0.3, 0.4) is 0 Å². The molecular formula is C12H14ClNO2. The summed E-state index contributed by atoms with van der Waals surface area (Å²) in [6.45, 7) is 0.756. The summed E-state index contributed by atoms with van der Waals surface area (Å²) >= 11 is 5.97. The monoisotopic (exact) mass is 239 g/mol. The largest absolute Gasteiger partial charge is 0.364 e. The Kier molecular flexibility index (Phi) is 4.19. The topological polar surface area (TPSA) is 30.8 Å². The SMILES string of the molecule is Clc1ccccc1/C=N/OC1CCCCO1. The van der Waals surface area contributed by atoms with Gasteiger partial charge in [-0.2, -0.15) is 0 Å². The number of hydrogen-bond acceptors (Lipinski definition) is 3. The highest BCUT2D eigenvalue weighted by atomic mass is 35.5. The van der Waals surface area contributed by atoms with Gasteiger partial charge in [0.2, 0.25) is 6.29 Å². The van der Waals surface area contributed by atoms with Crippen molar-refractivity contribution < 1.29 is 9.57 Å². The maximum Gasteiger partial charge on any atom is 0.226 e. The average molecular weight is 240 g/mol. The number of benzene rings is 1. The van der Waals surface area contributed by atoms with Gasteiger partial charge >= 0.3 is 0 Å². The van der Waals surface area contributed by atoms with Crippen molar-refractivity contribution in [3.63, 3.8) is 0 Å². The van der Waals surface area contributed by atoms with Crippen molar-refractivity contribution in [2.75, 3.05) is 6.61 Å². The van der Waals surface area contributed by atoms with Crippen LogP contribution < -0.4 is 0 Å². The molecule has 0 bridgehead atoms. The van der Waals surface area contributed by atoms with E-state index in [4.69, 9.17) is 21.2 Å². The fraction of sp³-hybridized carbons (Fsp3) is 0.417. The Bertz CT molecular complexity index is 362.